The molecule has 0 bridgehead atoms. The van der Waals surface area contributed by atoms with Crippen molar-refractivity contribution in [2.24, 2.45) is 0 Å². The first-order chi connectivity index (χ1) is 9.20. The van der Waals surface area contributed by atoms with E-state index < -0.39 is 0 Å². The zero-order valence-electron chi connectivity index (χ0n) is 11.7. The predicted molar refractivity (Wildman–Crippen MR) is 74.8 cm³/mol. The van der Waals surface area contributed by atoms with Crippen LogP contribution in [0.25, 0.3) is 0 Å². The van der Waals surface area contributed by atoms with Crippen molar-refractivity contribution in [3.05, 3.63) is 23.8 Å². The van der Waals surface area contributed by atoms with Crippen LogP contribution in [0.15, 0.2) is 18.2 Å². The van der Waals surface area contributed by atoms with Gasteiger partial charge in [0.25, 0.3) is 0 Å². The smallest absolute Gasteiger partial charge is 0.161 e. The van der Waals surface area contributed by atoms with E-state index in [1.54, 1.807) is 0 Å². The molecule has 2 N–H and O–H groups in total. The molecule has 0 saturated carbocycles. The summed E-state index contributed by atoms with van der Waals surface area (Å²) in [5, 5.41) is 13.1. The van der Waals surface area contributed by atoms with Crippen LogP contribution in [0.5, 0.6) is 11.5 Å². The fourth-order valence-electron chi connectivity index (χ4n) is 2.20. The summed E-state index contributed by atoms with van der Waals surface area (Å²) in [6.45, 7) is 6.00. The highest BCUT2D eigenvalue weighted by atomic mass is 16.6. The molecule has 4 nitrogen and oxygen atoms in total. The molecule has 0 radical (unpaired) electrons. The minimum absolute atomic E-state index is 0.183. The van der Waals surface area contributed by atoms with E-state index in [1.807, 2.05) is 18.2 Å². The first-order valence-corrected chi connectivity index (χ1v) is 7.01. The van der Waals surface area contributed by atoms with E-state index >= 15 is 0 Å². The predicted octanol–water partition coefficient (Wildman–Crippen LogP) is 2.27. The first kappa shape index (κ1) is 14.2. The lowest BCUT2D eigenvalue weighted by atomic mass is 10.1. The fraction of sp³-hybridized carbons (Fsp3) is 0.600. The number of aliphatic hydroxyl groups is 1. The Morgan fingerprint density at radius 3 is 2.74 bits per heavy atom. The van der Waals surface area contributed by atoms with Crippen LogP contribution in [-0.2, 0) is 0 Å². The second kappa shape index (κ2) is 6.78. The minimum Gasteiger partial charge on any atom is -0.486 e. The summed E-state index contributed by atoms with van der Waals surface area (Å²) in [6, 6.07) is 6.18. The van der Waals surface area contributed by atoms with E-state index in [9.17, 15) is 5.11 Å². The molecule has 0 aromatic heterocycles. The Morgan fingerprint density at radius 2 is 2.00 bits per heavy atom. The number of rotatable bonds is 6. The average molecular weight is 265 g/mol. The molecule has 0 spiro atoms. The SMILES string of the molecule is CCCC(O)CNC(C)c1ccc2c(c1)OCCO2. The van der Waals surface area contributed by atoms with Gasteiger partial charge >= 0.3 is 0 Å². The van der Waals surface area contributed by atoms with Gasteiger partial charge in [0, 0.05) is 12.6 Å². The highest BCUT2D eigenvalue weighted by molar-refractivity contribution is 5.44. The molecule has 1 aliphatic rings. The van der Waals surface area contributed by atoms with Crippen LogP contribution >= 0.6 is 0 Å². The Balaban J connectivity index is 1.93. The zero-order valence-corrected chi connectivity index (χ0v) is 11.7. The zero-order chi connectivity index (χ0) is 13.7. The number of aliphatic hydroxyl groups excluding tert-OH is 1. The van der Waals surface area contributed by atoms with Gasteiger partial charge in [0.1, 0.15) is 13.2 Å². The number of fused-ring (bicyclic) bond motifs is 1. The Hall–Kier alpha value is -1.26. The molecule has 1 aromatic rings. The van der Waals surface area contributed by atoms with Crippen LogP contribution in [0.1, 0.15) is 38.3 Å². The average Bonchev–Trinajstić information content (AvgIpc) is 2.44. The van der Waals surface area contributed by atoms with Crippen LogP contribution in [0.2, 0.25) is 0 Å². The van der Waals surface area contributed by atoms with E-state index in [0.29, 0.717) is 19.8 Å². The van der Waals surface area contributed by atoms with Crippen molar-refractivity contribution < 1.29 is 14.6 Å². The van der Waals surface area contributed by atoms with Crippen LogP contribution in [0, 0.1) is 0 Å². The maximum absolute atomic E-state index is 9.73. The second-order valence-corrected chi connectivity index (χ2v) is 4.98. The number of benzene rings is 1. The van der Waals surface area contributed by atoms with Gasteiger partial charge in [-0.2, -0.15) is 0 Å². The maximum atomic E-state index is 9.73. The summed E-state index contributed by atoms with van der Waals surface area (Å²) in [4.78, 5) is 0. The third-order valence-corrected chi connectivity index (χ3v) is 3.35. The molecule has 1 aromatic carbocycles. The van der Waals surface area contributed by atoms with Gasteiger partial charge in [-0.25, -0.2) is 0 Å². The van der Waals surface area contributed by atoms with E-state index in [2.05, 4.69) is 19.2 Å². The van der Waals surface area contributed by atoms with Gasteiger partial charge in [0.15, 0.2) is 11.5 Å². The van der Waals surface area contributed by atoms with Gasteiger partial charge in [-0.15, -0.1) is 0 Å². The molecule has 0 fully saturated rings. The van der Waals surface area contributed by atoms with E-state index in [0.717, 1.165) is 29.9 Å². The summed E-state index contributed by atoms with van der Waals surface area (Å²) >= 11 is 0. The lowest BCUT2D eigenvalue weighted by molar-refractivity contribution is 0.157. The normalized spacial score (nSPS) is 17.0. The van der Waals surface area contributed by atoms with Crippen molar-refractivity contribution in [2.45, 2.75) is 38.8 Å². The van der Waals surface area contributed by atoms with Gasteiger partial charge < -0.3 is 19.9 Å². The second-order valence-electron chi connectivity index (χ2n) is 4.98. The number of ether oxygens (including phenoxy) is 2. The van der Waals surface area contributed by atoms with Gasteiger partial charge in [-0.1, -0.05) is 19.4 Å². The number of nitrogens with one attached hydrogen (secondary N) is 1. The van der Waals surface area contributed by atoms with Crippen LogP contribution in [0.4, 0.5) is 0 Å². The molecule has 1 aliphatic heterocycles. The number of hydrogen-bond donors (Lipinski definition) is 2. The Bertz CT molecular complexity index is 408. The van der Waals surface area contributed by atoms with Crippen molar-refractivity contribution in [3.63, 3.8) is 0 Å². The van der Waals surface area contributed by atoms with Gasteiger partial charge in [0.2, 0.25) is 0 Å². The van der Waals surface area contributed by atoms with E-state index in [1.165, 1.54) is 0 Å². The molecule has 0 saturated heterocycles. The molecule has 1 heterocycles. The summed E-state index contributed by atoms with van der Waals surface area (Å²) < 4.78 is 11.1. The van der Waals surface area contributed by atoms with Crippen molar-refractivity contribution in [3.8, 4) is 11.5 Å². The standard InChI is InChI=1S/C15H23NO3/c1-3-4-13(17)10-16-11(2)12-5-6-14-15(9-12)19-8-7-18-14/h5-6,9,11,13,16-17H,3-4,7-8,10H2,1-2H3. The minimum atomic E-state index is -0.273. The lowest BCUT2D eigenvalue weighted by Crippen LogP contribution is -2.29. The molecule has 2 rings (SSSR count). The Morgan fingerprint density at radius 1 is 1.26 bits per heavy atom. The van der Waals surface area contributed by atoms with Gasteiger partial charge in [-0.3, -0.25) is 0 Å². The quantitative estimate of drug-likeness (QED) is 0.828. The molecular formula is C15H23NO3. The molecule has 4 heteroatoms. The molecule has 0 amide bonds. The summed E-state index contributed by atoms with van der Waals surface area (Å²) in [7, 11) is 0. The molecule has 2 unspecified atom stereocenters. The highest BCUT2D eigenvalue weighted by Gasteiger charge is 2.14. The Kier molecular flexibility index (Phi) is 5.05. The van der Waals surface area contributed by atoms with Crippen LogP contribution in [-0.4, -0.2) is 31.0 Å². The number of hydrogen-bond acceptors (Lipinski definition) is 4. The fourth-order valence-corrected chi connectivity index (χ4v) is 2.20. The Labute approximate surface area is 114 Å². The molecule has 0 aliphatic carbocycles. The van der Waals surface area contributed by atoms with Crippen molar-refractivity contribution in [1.29, 1.82) is 0 Å². The summed E-state index contributed by atoms with van der Waals surface area (Å²) in [5.74, 6) is 1.62. The van der Waals surface area contributed by atoms with E-state index in [-0.39, 0.29) is 12.1 Å². The molecule has 19 heavy (non-hydrogen) atoms. The maximum Gasteiger partial charge on any atom is 0.161 e. The first-order valence-electron chi connectivity index (χ1n) is 7.01. The van der Waals surface area contributed by atoms with Crippen LogP contribution < -0.4 is 14.8 Å². The van der Waals surface area contributed by atoms with Crippen molar-refractivity contribution >= 4 is 0 Å². The van der Waals surface area contributed by atoms with E-state index in [4.69, 9.17) is 9.47 Å². The lowest BCUT2D eigenvalue weighted by Gasteiger charge is -2.21. The summed E-state index contributed by atoms with van der Waals surface area (Å²) in [6.07, 6.45) is 1.56. The van der Waals surface area contributed by atoms with Crippen LogP contribution in [0.3, 0.4) is 0 Å². The summed E-state index contributed by atoms with van der Waals surface area (Å²) in [5.41, 5.74) is 1.15. The molecule has 2 atom stereocenters. The molecule has 106 valence electrons. The highest BCUT2D eigenvalue weighted by Crippen LogP contribution is 2.32. The largest absolute Gasteiger partial charge is 0.486 e. The van der Waals surface area contributed by atoms with Gasteiger partial charge in [0.05, 0.1) is 6.10 Å². The van der Waals surface area contributed by atoms with Gasteiger partial charge in [-0.05, 0) is 31.0 Å². The third kappa shape index (κ3) is 3.85. The van der Waals surface area contributed by atoms with Crippen molar-refractivity contribution in [1.82, 2.24) is 5.32 Å². The third-order valence-electron chi connectivity index (χ3n) is 3.35. The monoisotopic (exact) mass is 265 g/mol. The molecular weight excluding hydrogens is 242 g/mol. The topological polar surface area (TPSA) is 50.7 Å². The van der Waals surface area contributed by atoms with Crippen molar-refractivity contribution in [2.75, 3.05) is 19.8 Å².